The van der Waals surface area contributed by atoms with Crippen LogP contribution in [0, 0.1) is 0 Å². The molecule has 1 aromatic heterocycles. The minimum Gasteiger partial charge on any atom is -0.507 e. The van der Waals surface area contributed by atoms with E-state index in [9.17, 15) is 9.90 Å². The highest BCUT2D eigenvalue weighted by Crippen LogP contribution is 2.24. The molecule has 0 radical (unpaired) electrons. The van der Waals surface area contributed by atoms with E-state index in [1.54, 1.807) is 24.4 Å². The van der Waals surface area contributed by atoms with Crippen LogP contribution in [0.15, 0.2) is 30.5 Å². The number of rotatable bonds is 2. The first-order chi connectivity index (χ1) is 7.18. The molecule has 2 N–H and O–H groups in total. The summed E-state index contributed by atoms with van der Waals surface area (Å²) in [7, 11) is 0. The average molecular weight is 202 g/mol. The Morgan fingerprint density at radius 3 is 2.80 bits per heavy atom. The SMILES string of the molecule is CC(=O)c1cc(-c2ccn[nH]2)ccc1O. The Labute approximate surface area is 86.6 Å². The molecular formula is C11H10N2O2. The third-order valence-corrected chi connectivity index (χ3v) is 2.19. The van der Waals surface area contributed by atoms with Gasteiger partial charge in [-0.15, -0.1) is 0 Å². The molecule has 0 unspecified atom stereocenters. The van der Waals surface area contributed by atoms with Gasteiger partial charge in [-0.25, -0.2) is 0 Å². The minimum atomic E-state index is -0.158. The van der Waals surface area contributed by atoms with Crippen LogP contribution < -0.4 is 0 Å². The summed E-state index contributed by atoms with van der Waals surface area (Å²) in [6.07, 6.45) is 1.63. The first-order valence-corrected chi connectivity index (χ1v) is 4.52. The van der Waals surface area contributed by atoms with Crippen molar-refractivity contribution in [2.45, 2.75) is 6.92 Å². The highest BCUT2D eigenvalue weighted by atomic mass is 16.3. The van der Waals surface area contributed by atoms with Gasteiger partial charge in [-0.2, -0.15) is 5.10 Å². The number of hydrogen-bond donors (Lipinski definition) is 2. The fourth-order valence-electron chi connectivity index (χ4n) is 1.40. The Morgan fingerprint density at radius 1 is 1.40 bits per heavy atom. The summed E-state index contributed by atoms with van der Waals surface area (Å²) in [5.41, 5.74) is 1.97. The number of aromatic hydroxyl groups is 1. The molecule has 0 fully saturated rings. The molecule has 0 saturated carbocycles. The predicted molar refractivity (Wildman–Crippen MR) is 55.7 cm³/mol. The number of aromatic nitrogens is 2. The third kappa shape index (κ3) is 1.74. The third-order valence-electron chi connectivity index (χ3n) is 2.19. The first-order valence-electron chi connectivity index (χ1n) is 4.52. The number of nitrogens with one attached hydrogen (secondary N) is 1. The molecule has 0 atom stereocenters. The average Bonchev–Trinajstić information content (AvgIpc) is 2.71. The molecule has 0 aliphatic carbocycles. The Bertz CT molecular complexity index is 489. The van der Waals surface area contributed by atoms with Gasteiger partial charge in [-0.3, -0.25) is 9.89 Å². The smallest absolute Gasteiger partial charge is 0.163 e. The monoisotopic (exact) mass is 202 g/mol. The maximum Gasteiger partial charge on any atom is 0.163 e. The van der Waals surface area contributed by atoms with Crippen molar-refractivity contribution in [2.75, 3.05) is 0 Å². The van der Waals surface area contributed by atoms with Gasteiger partial charge in [0.15, 0.2) is 5.78 Å². The molecule has 0 aliphatic rings. The number of carbonyl (C=O) groups is 1. The zero-order valence-electron chi connectivity index (χ0n) is 8.19. The van der Waals surface area contributed by atoms with Crippen LogP contribution in [0.25, 0.3) is 11.3 Å². The lowest BCUT2D eigenvalue weighted by atomic mass is 10.0. The fraction of sp³-hybridized carbons (Fsp3) is 0.0909. The van der Waals surface area contributed by atoms with E-state index in [0.717, 1.165) is 11.3 Å². The molecule has 0 aliphatic heterocycles. The number of phenols is 1. The number of carbonyl (C=O) groups excluding carboxylic acids is 1. The van der Waals surface area contributed by atoms with Gasteiger partial charge in [0.2, 0.25) is 0 Å². The number of ketones is 1. The summed E-state index contributed by atoms with van der Waals surface area (Å²) in [5, 5.41) is 16.1. The van der Waals surface area contributed by atoms with Gasteiger partial charge in [-0.05, 0) is 31.2 Å². The minimum absolute atomic E-state index is 0.00534. The van der Waals surface area contributed by atoms with Crippen LogP contribution in [0.1, 0.15) is 17.3 Å². The van der Waals surface area contributed by atoms with Crippen LogP contribution in [-0.2, 0) is 0 Å². The van der Waals surface area contributed by atoms with E-state index < -0.39 is 0 Å². The van der Waals surface area contributed by atoms with Crippen LogP contribution in [0.5, 0.6) is 5.75 Å². The summed E-state index contributed by atoms with van der Waals surface area (Å²) in [6.45, 7) is 1.42. The van der Waals surface area contributed by atoms with Gasteiger partial charge < -0.3 is 5.11 Å². The molecule has 15 heavy (non-hydrogen) atoms. The highest BCUT2D eigenvalue weighted by molar-refractivity contribution is 5.97. The predicted octanol–water partition coefficient (Wildman–Crippen LogP) is 1.98. The van der Waals surface area contributed by atoms with Crippen LogP contribution in [0.3, 0.4) is 0 Å². The van der Waals surface area contributed by atoms with E-state index in [2.05, 4.69) is 10.2 Å². The van der Waals surface area contributed by atoms with E-state index in [1.807, 2.05) is 0 Å². The van der Waals surface area contributed by atoms with Crippen LogP contribution in [-0.4, -0.2) is 21.1 Å². The molecule has 0 bridgehead atoms. The molecule has 0 saturated heterocycles. The summed E-state index contributed by atoms with van der Waals surface area (Å²) >= 11 is 0. The molecule has 1 aromatic carbocycles. The molecule has 76 valence electrons. The van der Waals surface area contributed by atoms with Crippen molar-refractivity contribution >= 4 is 5.78 Å². The molecule has 4 heteroatoms. The van der Waals surface area contributed by atoms with E-state index in [0.29, 0.717) is 5.56 Å². The second kappa shape index (κ2) is 3.57. The maximum atomic E-state index is 11.2. The van der Waals surface area contributed by atoms with E-state index >= 15 is 0 Å². The Balaban J connectivity index is 2.52. The van der Waals surface area contributed by atoms with E-state index in [1.165, 1.54) is 13.0 Å². The van der Waals surface area contributed by atoms with Crippen molar-refractivity contribution in [3.8, 4) is 17.0 Å². The number of nitrogens with zero attached hydrogens (tertiary/aromatic N) is 1. The second-order valence-corrected chi connectivity index (χ2v) is 3.26. The highest BCUT2D eigenvalue weighted by Gasteiger charge is 2.08. The number of H-pyrrole nitrogens is 1. The molecule has 0 spiro atoms. The Hall–Kier alpha value is -2.10. The fourth-order valence-corrected chi connectivity index (χ4v) is 1.40. The van der Waals surface area contributed by atoms with Crippen LogP contribution >= 0.6 is 0 Å². The zero-order chi connectivity index (χ0) is 10.8. The van der Waals surface area contributed by atoms with Crippen molar-refractivity contribution in [1.82, 2.24) is 10.2 Å². The topological polar surface area (TPSA) is 66.0 Å². The first kappa shape index (κ1) is 9.45. The largest absolute Gasteiger partial charge is 0.507 e. The van der Waals surface area contributed by atoms with E-state index in [-0.39, 0.29) is 11.5 Å². The van der Waals surface area contributed by atoms with Crippen LogP contribution in [0.2, 0.25) is 0 Å². The normalized spacial score (nSPS) is 10.2. The summed E-state index contributed by atoms with van der Waals surface area (Å²) in [6, 6.07) is 6.68. The van der Waals surface area contributed by atoms with Gasteiger partial charge in [0.05, 0.1) is 11.3 Å². The second-order valence-electron chi connectivity index (χ2n) is 3.26. The number of phenolic OH excluding ortho intramolecular Hbond substituents is 1. The van der Waals surface area contributed by atoms with Gasteiger partial charge in [0.25, 0.3) is 0 Å². The maximum absolute atomic E-state index is 11.2. The molecule has 2 rings (SSSR count). The molecule has 2 aromatic rings. The molecule has 1 heterocycles. The van der Waals surface area contributed by atoms with Crippen molar-refractivity contribution in [1.29, 1.82) is 0 Å². The summed E-state index contributed by atoms with van der Waals surface area (Å²) in [5.74, 6) is -0.153. The van der Waals surface area contributed by atoms with Gasteiger partial charge in [-0.1, -0.05) is 0 Å². The number of Topliss-reactive ketones (excluding diaryl/α,β-unsaturated/α-hetero) is 1. The summed E-state index contributed by atoms with van der Waals surface area (Å²) < 4.78 is 0. The van der Waals surface area contributed by atoms with Gasteiger partial charge in [0.1, 0.15) is 5.75 Å². The lowest BCUT2D eigenvalue weighted by Gasteiger charge is -2.03. The van der Waals surface area contributed by atoms with Gasteiger partial charge in [0, 0.05) is 11.8 Å². The lowest BCUT2D eigenvalue weighted by Crippen LogP contribution is -1.93. The molecule has 4 nitrogen and oxygen atoms in total. The quantitative estimate of drug-likeness (QED) is 0.732. The number of benzene rings is 1. The van der Waals surface area contributed by atoms with Crippen molar-refractivity contribution in [3.05, 3.63) is 36.0 Å². The zero-order valence-corrected chi connectivity index (χ0v) is 8.19. The van der Waals surface area contributed by atoms with E-state index in [4.69, 9.17) is 0 Å². The van der Waals surface area contributed by atoms with Crippen molar-refractivity contribution < 1.29 is 9.90 Å². The van der Waals surface area contributed by atoms with Gasteiger partial charge >= 0.3 is 0 Å². The van der Waals surface area contributed by atoms with Crippen molar-refractivity contribution in [3.63, 3.8) is 0 Å². The Kier molecular flexibility index (Phi) is 2.25. The molecular weight excluding hydrogens is 192 g/mol. The number of hydrogen-bond acceptors (Lipinski definition) is 3. The molecule has 0 amide bonds. The number of aromatic amines is 1. The Morgan fingerprint density at radius 2 is 2.20 bits per heavy atom. The van der Waals surface area contributed by atoms with Crippen molar-refractivity contribution in [2.24, 2.45) is 0 Å². The lowest BCUT2D eigenvalue weighted by molar-refractivity contribution is 0.101. The van der Waals surface area contributed by atoms with Crippen LogP contribution in [0.4, 0.5) is 0 Å². The standard InChI is InChI=1S/C11H10N2O2/c1-7(14)9-6-8(2-3-11(9)15)10-4-5-12-13-10/h2-6,15H,1H3,(H,12,13). The summed E-state index contributed by atoms with van der Waals surface area (Å²) in [4.78, 5) is 11.2.